The van der Waals surface area contributed by atoms with E-state index in [0.29, 0.717) is 18.3 Å². The Morgan fingerprint density at radius 2 is 2.21 bits per heavy atom. The number of aromatic nitrogens is 2. The van der Waals surface area contributed by atoms with E-state index in [1.54, 1.807) is 12.3 Å². The molecule has 1 unspecified atom stereocenters. The van der Waals surface area contributed by atoms with Crippen LogP contribution in [0.25, 0.3) is 0 Å². The molecule has 1 aromatic heterocycles. The van der Waals surface area contributed by atoms with Crippen LogP contribution in [0, 0.1) is 5.82 Å². The van der Waals surface area contributed by atoms with E-state index in [9.17, 15) is 4.39 Å². The van der Waals surface area contributed by atoms with Crippen LogP contribution in [0.4, 0.5) is 10.1 Å². The first kappa shape index (κ1) is 13.5. The van der Waals surface area contributed by atoms with Crippen LogP contribution in [0.3, 0.4) is 0 Å². The predicted molar refractivity (Wildman–Crippen MR) is 74.4 cm³/mol. The molecule has 0 saturated heterocycles. The average Bonchev–Trinajstić information content (AvgIpc) is 2.85. The fourth-order valence-electron chi connectivity index (χ4n) is 1.87. The summed E-state index contributed by atoms with van der Waals surface area (Å²) in [6, 6.07) is 6.59. The van der Waals surface area contributed by atoms with E-state index in [1.807, 2.05) is 16.9 Å². The van der Waals surface area contributed by atoms with Crippen LogP contribution < -0.4 is 11.1 Å². The number of rotatable bonds is 5. The molecule has 0 spiro atoms. The third-order valence-electron chi connectivity index (χ3n) is 2.95. The Balaban J connectivity index is 2.15. The molecule has 0 radical (unpaired) electrons. The molecule has 0 bridgehead atoms. The maximum atomic E-state index is 13.1. The minimum Gasteiger partial charge on any atom is -0.377 e. The highest BCUT2D eigenvalue weighted by atomic mass is 19.1. The molecule has 1 heterocycles. The summed E-state index contributed by atoms with van der Waals surface area (Å²) in [5.74, 6) is -0.265. The monoisotopic (exact) mass is 262 g/mol. The number of benzene rings is 1. The number of nitrogens with one attached hydrogen (secondary N) is 1. The number of nitrogens with zero attached hydrogens (tertiary/aromatic N) is 2. The van der Waals surface area contributed by atoms with Crippen molar-refractivity contribution < 1.29 is 4.39 Å². The maximum absolute atomic E-state index is 13.1. The van der Waals surface area contributed by atoms with Gasteiger partial charge in [-0.25, -0.2) is 4.39 Å². The Morgan fingerprint density at radius 1 is 1.42 bits per heavy atom. The molecule has 1 aromatic carbocycles. The molecule has 19 heavy (non-hydrogen) atoms. The molecule has 3 N–H and O–H groups in total. The molecule has 0 amide bonds. The summed E-state index contributed by atoms with van der Waals surface area (Å²) in [5.41, 5.74) is 7.50. The molecule has 0 aliphatic carbocycles. The van der Waals surface area contributed by atoms with Crippen molar-refractivity contribution in [2.75, 3.05) is 11.9 Å². The molecule has 0 aliphatic heterocycles. The summed E-state index contributed by atoms with van der Waals surface area (Å²) in [4.78, 5) is 0. The highest BCUT2D eigenvalue weighted by Gasteiger charge is 2.13. The van der Waals surface area contributed by atoms with Crippen molar-refractivity contribution in [1.82, 2.24) is 9.78 Å². The highest BCUT2D eigenvalue weighted by Crippen LogP contribution is 2.20. The van der Waals surface area contributed by atoms with Crippen LogP contribution in [0.15, 0.2) is 36.7 Å². The van der Waals surface area contributed by atoms with Crippen molar-refractivity contribution in [2.45, 2.75) is 25.9 Å². The van der Waals surface area contributed by atoms with Gasteiger partial charge in [-0.05, 0) is 32.0 Å². The van der Waals surface area contributed by atoms with Gasteiger partial charge in [0.1, 0.15) is 5.82 Å². The summed E-state index contributed by atoms with van der Waals surface area (Å²) < 4.78 is 15.0. The Labute approximate surface area is 112 Å². The fourth-order valence-corrected chi connectivity index (χ4v) is 1.87. The Hall–Kier alpha value is -1.88. The predicted octanol–water partition coefficient (Wildman–Crippen LogP) is 2.72. The van der Waals surface area contributed by atoms with Crippen LogP contribution in [-0.4, -0.2) is 16.3 Å². The Bertz CT molecular complexity index is 536. The van der Waals surface area contributed by atoms with E-state index in [4.69, 9.17) is 5.73 Å². The van der Waals surface area contributed by atoms with Gasteiger partial charge in [0, 0.05) is 30.0 Å². The summed E-state index contributed by atoms with van der Waals surface area (Å²) >= 11 is 0. The normalized spacial score (nSPS) is 12.7. The average molecular weight is 262 g/mol. The van der Waals surface area contributed by atoms with Gasteiger partial charge in [0.25, 0.3) is 0 Å². The van der Waals surface area contributed by atoms with Gasteiger partial charge in [-0.2, -0.15) is 5.10 Å². The smallest absolute Gasteiger partial charge is 0.125 e. The molecular weight excluding hydrogens is 243 g/mol. The Kier molecular flexibility index (Phi) is 4.16. The largest absolute Gasteiger partial charge is 0.377 e. The van der Waals surface area contributed by atoms with Gasteiger partial charge >= 0.3 is 0 Å². The third-order valence-corrected chi connectivity index (χ3v) is 2.95. The van der Waals surface area contributed by atoms with Crippen molar-refractivity contribution in [3.63, 3.8) is 0 Å². The highest BCUT2D eigenvalue weighted by molar-refractivity contribution is 5.45. The molecule has 2 rings (SSSR count). The first-order chi connectivity index (χ1) is 9.10. The second kappa shape index (κ2) is 5.84. The molecule has 2 aromatic rings. The zero-order valence-corrected chi connectivity index (χ0v) is 11.2. The van der Waals surface area contributed by atoms with E-state index in [-0.39, 0.29) is 11.9 Å². The zero-order valence-electron chi connectivity index (χ0n) is 11.2. The molecule has 1 atom stereocenters. The SMILES string of the molecule is CC(C)n1cc(C(CN)Nc2cccc(F)c2)cn1. The second-order valence-electron chi connectivity index (χ2n) is 4.79. The van der Waals surface area contributed by atoms with Crippen molar-refractivity contribution in [1.29, 1.82) is 0 Å². The minimum absolute atomic E-state index is 0.0747. The van der Waals surface area contributed by atoms with Crippen LogP contribution in [0.2, 0.25) is 0 Å². The first-order valence-electron chi connectivity index (χ1n) is 6.36. The van der Waals surface area contributed by atoms with Crippen molar-refractivity contribution in [2.24, 2.45) is 5.73 Å². The number of hydrogen-bond acceptors (Lipinski definition) is 3. The lowest BCUT2D eigenvalue weighted by molar-refractivity contribution is 0.531. The topological polar surface area (TPSA) is 55.9 Å². The minimum atomic E-state index is -0.265. The van der Waals surface area contributed by atoms with Crippen molar-refractivity contribution in [3.8, 4) is 0 Å². The van der Waals surface area contributed by atoms with E-state index >= 15 is 0 Å². The van der Waals surface area contributed by atoms with E-state index < -0.39 is 0 Å². The van der Waals surface area contributed by atoms with Gasteiger partial charge in [0.2, 0.25) is 0 Å². The van der Waals surface area contributed by atoms with Gasteiger partial charge in [-0.15, -0.1) is 0 Å². The fraction of sp³-hybridized carbons (Fsp3) is 0.357. The zero-order chi connectivity index (χ0) is 13.8. The molecule has 0 saturated carbocycles. The van der Waals surface area contributed by atoms with Gasteiger partial charge in [-0.3, -0.25) is 4.68 Å². The lowest BCUT2D eigenvalue weighted by Gasteiger charge is -2.16. The second-order valence-corrected chi connectivity index (χ2v) is 4.79. The van der Waals surface area contributed by atoms with Crippen molar-refractivity contribution in [3.05, 3.63) is 48.0 Å². The third kappa shape index (κ3) is 3.32. The standard InChI is InChI=1S/C14H19FN4/c1-10(2)19-9-11(8-17-19)14(7-16)18-13-5-3-4-12(15)6-13/h3-6,8-10,14,18H,7,16H2,1-2H3. The Morgan fingerprint density at radius 3 is 2.79 bits per heavy atom. The molecule has 5 heteroatoms. The van der Waals surface area contributed by atoms with Gasteiger partial charge in [0.15, 0.2) is 0 Å². The van der Waals surface area contributed by atoms with Crippen LogP contribution in [0.5, 0.6) is 0 Å². The summed E-state index contributed by atoms with van der Waals surface area (Å²) in [6.07, 6.45) is 3.76. The van der Waals surface area contributed by atoms with Gasteiger partial charge in [-0.1, -0.05) is 6.07 Å². The first-order valence-corrected chi connectivity index (χ1v) is 6.36. The van der Waals surface area contributed by atoms with Crippen LogP contribution in [0.1, 0.15) is 31.5 Å². The molecule has 0 aliphatic rings. The number of nitrogens with two attached hydrogens (primary N) is 1. The number of anilines is 1. The molecule has 4 nitrogen and oxygen atoms in total. The number of hydrogen-bond donors (Lipinski definition) is 2. The van der Waals surface area contributed by atoms with Gasteiger partial charge in [0.05, 0.1) is 12.2 Å². The van der Waals surface area contributed by atoms with E-state index in [2.05, 4.69) is 24.3 Å². The molecule has 102 valence electrons. The summed E-state index contributed by atoms with van der Waals surface area (Å²) in [6.45, 7) is 4.54. The molecule has 0 fully saturated rings. The van der Waals surface area contributed by atoms with E-state index in [0.717, 1.165) is 5.56 Å². The number of halogens is 1. The quantitative estimate of drug-likeness (QED) is 0.871. The van der Waals surface area contributed by atoms with Crippen LogP contribution in [-0.2, 0) is 0 Å². The van der Waals surface area contributed by atoms with Gasteiger partial charge < -0.3 is 11.1 Å². The lowest BCUT2D eigenvalue weighted by Crippen LogP contribution is -2.20. The van der Waals surface area contributed by atoms with Crippen LogP contribution >= 0.6 is 0 Å². The lowest BCUT2D eigenvalue weighted by atomic mass is 10.1. The molecular formula is C14H19FN4. The van der Waals surface area contributed by atoms with Crippen molar-refractivity contribution >= 4 is 5.69 Å². The maximum Gasteiger partial charge on any atom is 0.125 e. The van der Waals surface area contributed by atoms with E-state index in [1.165, 1.54) is 12.1 Å². The summed E-state index contributed by atoms with van der Waals surface area (Å²) in [5, 5.41) is 7.51. The summed E-state index contributed by atoms with van der Waals surface area (Å²) in [7, 11) is 0.